The van der Waals surface area contributed by atoms with Crippen LogP contribution in [0.15, 0.2) is 12.7 Å². The van der Waals surface area contributed by atoms with Gasteiger partial charge in [-0.2, -0.15) is 0 Å². The van der Waals surface area contributed by atoms with Crippen LogP contribution in [0.3, 0.4) is 0 Å². The molecule has 4 nitrogen and oxygen atoms in total. The topological polar surface area (TPSA) is 35.6 Å². The van der Waals surface area contributed by atoms with E-state index in [1.807, 2.05) is 0 Å². The average molecular weight is 237 g/mol. The van der Waals surface area contributed by atoms with E-state index in [9.17, 15) is 4.79 Å². The molecular formula is C13H23N3O. The zero-order chi connectivity index (χ0) is 12.3. The lowest BCUT2D eigenvalue weighted by Crippen LogP contribution is -2.44. The summed E-state index contributed by atoms with van der Waals surface area (Å²) in [6.07, 6.45) is 4.96. The number of hydrogen-bond acceptors (Lipinski definition) is 3. The van der Waals surface area contributed by atoms with Crippen LogP contribution in [0.5, 0.6) is 0 Å². The number of nitrogens with zero attached hydrogens (tertiary/aromatic N) is 2. The van der Waals surface area contributed by atoms with Crippen LogP contribution >= 0.6 is 0 Å². The highest BCUT2D eigenvalue weighted by Crippen LogP contribution is 2.20. The van der Waals surface area contributed by atoms with E-state index < -0.39 is 0 Å². The number of nitrogens with one attached hydrogen (secondary N) is 1. The van der Waals surface area contributed by atoms with Gasteiger partial charge in [-0.3, -0.25) is 9.69 Å². The van der Waals surface area contributed by atoms with Crippen molar-refractivity contribution in [2.24, 2.45) is 0 Å². The third kappa shape index (κ3) is 3.30. The first-order valence-electron chi connectivity index (χ1n) is 6.54. The molecule has 1 atom stereocenters. The van der Waals surface area contributed by atoms with Gasteiger partial charge in [0.2, 0.25) is 5.91 Å². The van der Waals surface area contributed by atoms with Crippen molar-refractivity contribution in [3.8, 4) is 0 Å². The van der Waals surface area contributed by atoms with Gasteiger partial charge >= 0.3 is 0 Å². The molecule has 0 radical (unpaired) electrons. The molecule has 17 heavy (non-hydrogen) atoms. The van der Waals surface area contributed by atoms with Gasteiger partial charge in [0.05, 0.1) is 0 Å². The Balaban J connectivity index is 1.77. The van der Waals surface area contributed by atoms with E-state index in [1.54, 1.807) is 0 Å². The van der Waals surface area contributed by atoms with E-state index in [-0.39, 0.29) is 5.91 Å². The Morgan fingerprint density at radius 1 is 1.29 bits per heavy atom. The van der Waals surface area contributed by atoms with Crippen LogP contribution in [0.25, 0.3) is 0 Å². The van der Waals surface area contributed by atoms with Crippen LogP contribution in [0.4, 0.5) is 0 Å². The van der Waals surface area contributed by atoms with E-state index in [4.69, 9.17) is 0 Å². The van der Waals surface area contributed by atoms with Gasteiger partial charge < -0.3 is 10.2 Å². The Bertz CT molecular complexity index is 284. The van der Waals surface area contributed by atoms with E-state index in [1.165, 1.54) is 32.0 Å². The van der Waals surface area contributed by atoms with Crippen molar-refractivity contribution in [3.63, 3.8) is 0 Å². The Morgan fingerprint density at radius 2 is 2.00 bits per heavy atom. The Hall–Kier alpha value is -0.870. The molecule has 1 unspecified atom stereocenters. The molecule has 0 spiro atoms. The van der Waals surface area contributed by atoms with Crippen molar-refractivity contribution in [3.05, 3.63) is 12.7 Å². The second-order valence-electron chi connectivity index (χ2n) is 5.23. The highest BCUT2D eigenvalue weighted by atomic mass is 16.1. The number of carbonyl (C=O) groups excluding carboxylic acids is 1. The zero-order valence-electron chi connectivity index (χ0n) is 10.7. The quantitative estimate of drug-likeness (QED) is 0.724. The van der Waals surface area contributed by atoms with E-state index in [0.717, 1.165) is 25.6 Å². The van der Waals surface area contributed by atoms with Gasteiger partial charge in [0, 0.05) is 25.2 Å². The minimum absolute atomic E-state index is 0.0415. The number of rotatable bonds is 3. The molecule has 96 valence electrons. The lowest BCUT2D eigenvalue weighted by molar-refractivity contribution is -0.117. The number of likely N-dealkylation sites (tertiary alicyclic amines) is 2. The van der Waals surface area contributed by atoms with Crippen LogP contribution in [0.2, 0.25) is 0 Å². The lowest BCUT2D eigenvalue weighted by Gasteiger charge is -2.35. The summed E-state index contributed by atoms with van der Waals surface area (Å²) < 4.78 is 0. The Morgan fingerprint density at radius 3 is 2.65 bits per heavy atom. The fourth-order valence-corrected chi connectivity index (χ4v) is 2.86. The first kappa shape index (κ1) is 12.6. The van der Waals surface area contributed by atoms with Crippen LogP contribution in [-0.4, -0.2) is 61.0 Å². The van der Waals surface area contributed by atoms with Crippen LogP contribution in [-0.2, 0) is 4.79 Å². The highest BCUT2D eigenvalue weighted by Gasteiger charge is 2.30. The molecule has 4 heteroatoms. The fourth-order valence-electron chi connectivity index (χ4n) is 2.86. The smallest absolute Gasteiger partial charge is 0.243 e. The van der Waals surface area contributed by atoms with Crippen molar-refractivity contribution >= 4 is 5.91 Å². The van der Waals surface area contributed by atoms with Gasteiger partial charge in [0.15, 0.2) is 0 Å². The summed E-state index contributed by atoms with van der Waals surface area (Å²) in [6, 6.07) is 1.04. The van der Waals surface area contributed by atoms with Gasteiger partial charge in [0.25, 0.3) is 0 Å². The first-order valence-corrected chi connectivity index (χ1v) is 6.54. The normalized spacial score (nSPS) is 28.2. The molecule has 1 amide bonds. The number of piperidine rings is 1. The molecular weight excluding hydrogens is 214 g/mol. The molecule has 0 aromatic heterocycles. The maximum absolute atomic E-state index is 11.2. The summed E-state index contributed by atoms with van der Waals surface area (Å²) in [6.45, 7) is 8.02. The molecule has 2 saturated heterocycles. The molecule has 0 aliphatic carbocycles. The molecule has 2 fully saturated rings. The standard InChI is InChI=1S/C13H23N3O/c1-3-13(17)14-11-4-9-16(10-11)12-5-7-15(2)8-6-12/h3,11-12H,1,4-10H2,2H3,(H,14,17). The van der Waals surface area contributed by atoms with Gasteiger partial charge in [-0.25, -0.2) is 0 Å². The van der Waals surface area contributed by atoms with E-state index in [0.29, 0.717) is 6.04 Å². The van der Waals surface area contributed by atoms with Crippen molar-refractivity contribution in [1.82, 2.24) is 15.1 Å². The summed E-state index contributed by atoms with van der Waals surface area (Å²) in [5.74, 6) is -0.0415. The summed E-state index contributed by atoms with van der Waals surface area (Å²) >= 11 is 0. The lowest BCUT2D eigenvalue weighted by atomic mass is 10.0. The van der Waals surface area contributed by atoms with Crippen molar-refractivity contribution in [2.75, 3.05) is 33.2 Å². The number of amides is 1. The summed E-state index contributed by atoms with van der Waals surface area (Å²) in [7, 11) is 2.19. The third-order valence-electron chi connectivity index (χ3n) is 3.96. The van der Waals surface area contributed by atoms with Gasteiger partial charge in [-0.15, -0.1) is 0 Å². The van der Waals surface area contributed by atoms with E-state index in [2.05, 4.69) is 28.7 Å². The summed E-state index contributed by atoms with van der Waals surface area (Å²) in [5.41, 5.74) is 0. The molecule has 2 aliphatic rings. The SMILES string of the molecule is C=CC(=O)NC1CCN(C2CCN(C)CC2)C1. The highest BCUT2D eigenvalue weighted by molar-refractivity contribution is 5.87. The molecule has 2 aliphatic heterocycles. The van der Waals surface area contributed by atoms with Crippen LogP contribution in [0.1, 0.15) is 19.3 Å². The monoisotopic (exact) mass is 237 g/mol. The zero-order valence-corrected chi connectivity index (χ0v) is 10.7. The van der Waals surface area contributed by atoms with Gasteiger partial charge in [-0.05, 0) is 45.5 Å². The number of carbonyl (C=O) groups is 1. The summed E-state index contributed by atoms with van der Waals surface area (Å²) in [4.78, 5) is 16.2. The molecule has 2 heterocycles. The van der Waals surface area contributed by atoms with Crippen LogP contribution in [0, 0.1) is 0 Å². The predicted molar refractivity (Wildman–Crippen MR) is 68.8 cm³/mol. The van der Waals surface area contributed by atoms with Gasteiger partial charge in [0.1, 0.15) is 0 Å². The van der Waals surface area contributed by atoms with Gasteiger partial charge in [-0.1, -0.05) is 6.58 Å². The van der Waals surface area contributed by atoms with Crippen molar-refractivity contribution < 1.29 is 4.79 Å². The summed E-state index contributed by atoms with van der Waals surface area (Å²) in [5, 5.41) is 3.00. The number of hydrogen-bond donors (Lipinski definition) is 1. The molecule has 0 saturated carbocycles. The van der Waals surface area contributed by atoms with E-state index >= 15 is 0 Å². The minimum Gasteiger partial charge on any atom is -0.349 e. The van der Waals surface area contributed by atoms with Crippen molar-refractivity contribution in [2.45, 2.75) is 31.3 Å². The largest absolute Gasteiger partial charge is 0.349 e. The predicted octanol–water partition coefficient (Wildman–Crippen LogP) is 0.457. The second-order valence-corrected chi connectivity index (χ2v) is 5.23. The minimum atomic E-state index is -0.0415. The second kappa shape index (κ2) is 5.65. The Kier molecular flexibility index (Phi) is 4.18. The van der Waals surface area contributed by atoms with Crippen LogP contribution < -0.4 is 5.32 Å². The fraction of sp³-hybridized carbons (Fsp3) is 0.769. The molecule has 0 aromatic rings. The molecule has 2 rings (SSSR count). The maximum Gasteiger partial charge on any atom is 0.243 e. The molecule has 1 N–H and O–H groups in total. The maximum atomic E-state index is 11.2. The molecule has 0 bridgehead atoms. The first-order chi connectivity index (χ1) is 8.19. The molecule has 0 aromatic carbocycles. The average Bonchev–Trinajstić information content (AvgIpc) is 2.78. The Labute approximate surface area is 104 Å². The van der Waals surface area contributed by atoms with Crippen molar-refractivity contribution in [1.29, 1.82) is 0 Å². The third-order valence-corrected chi connectivity index (χ3v) is 3.96.